The van der Waals surface area contributed by atoms with E-state index in [2.05, 4.69) is 21.3 Å². The molecule has 1 spiro atoms. The average molecular weight is 403 g/mol. The lowest BCUT2D eigenvalue weighted by atomic mass is 9.82. The Kier molecular flexibility index (Phi) is 4.81. The Morgan fingerprint density at radius 2 is 2.10 bits per heavy atom. The van der Waals surface area contributed by atoms with E-state index >= 15 is 0 Å². The molecule has 0 bridgehead atoms. The van der Waals surface area contributed by atoms with Gasteiger partial charge in [0.25, 0.3) is 0 Å². The minimum Gasteiger partial charge on any atom is -0.379 e. The van der Waals surface area contributed by atoms with Gasteiger partial charge < -0.3 is 10.1 Å². The number of fused-ring (bicyclic) bond motifs is 2. The Labute approximate surface area is 174 Å². The summed E-state index contributed by atoms with van der Waals surface area (Å²) in [5, 5.41) is 13.6. The highest BCUT2D eigenvalue weighted by atomic mass is 19.1. The van der Waals surface area contributed by atoms with E-state index in [1.165, 1.54) is 6.07 Å². The second kappa shape index (κ2) is 7.63. The molecular weight excluding hydrogens is 381 g/mol. The first kappa shape index (κ1) is 18.9. The monoisotopic (exact) mass is 403 g/mol. The van der Waals surface area contributed by atoms with Crippen molar-refractivity contribution in [3.05, 3.63) is 76.5 Å². The number of rotatable bonds is 3. The van der Waals surface area contributed by atoms with Crippen LogP contribution in [0.1, 0.15) is 23.2 Å². The Morgan fingerprint density at radius 3 is 2.87 bits per heavy atom. The van der Waals surface area contributed by atoms with Crippen molar-refractivity contribution in [1.82, 2.24) is 15.2 Å². The van der Waals surface area contributed by atoms with Crippen molar-refractivity contribution >= 4 is 5.84 Å². The van der Waals surface area contributed by atoms with E-state index in [1.54, 1.807) is 18.3 Å². The molecule has 0 saturated carbocycles. The van der Waals surface area contributed by atoms with Crippen molar-refractivity contribution in [3.63, 3.8) is 0 Å². The maximum Gasteiger partial charge on any atom is 0.152 e. The quantitative estimate of drug-likeness (QED) is 0.853. The Hall–Kier alpha value is -3.08. The first-order valence-electron chi connectivity index (χ1n) is 10.2. The molecule has 1 aromatic carbocycles. The van der Waals surface area contributed by atoms with E-state index < -0.39 is 5.54 Å². The minimum atomic E-state index is -0.808. The zero-order valence-corrected chi connectivity index (χ0v) is 16.6. The molecule has 6 nitrogen and oxygen atoms in total. The third-order valence-corrected chi connectivity index (χ3v) is 6.06. The number of aliphatic imine (C=N–C) groups is 1. The maximum absolute atomic E-state index is 13.9. The number of hydrogen-bond acceptors (Lipinski definition) is 6. The average Bonchev–Trinajstić information content (AvgIpc) is 3.12. The second-order valence-corrected chi connectivity index (χ2v) is 7.82. The summed E-state index contributed by atoms with van der Waals surface area (Å²) < 4.78 is 19.3. The van der Waals surface area contributed by atoms with Gasteiger partial charge in [-0.25, -0.2) is 9.38 Å². The van der Waals surface area contributed by atoms with Gasteiger partial charge in [-0.15, -0.1) is 0 Å². The van der Waals surface area contributed by atoms with Crippen LogP contribution in [0.2, 0.25) is 0 Å². The third kappa shape index (κ3) is 3.18. The van der Waals surface area contributed by atoms with E-state index in [9.17, 15) is 9.65 Å². The molecule has 1 fully saturated rings. The van der Waals surface area contributed by atoms with Gasteiger partial charge in [0.05, 0.1) is 24.9 Å². The summed E-state index contributed by atoms with van der Waals surface area (Å²) in [6.07, 6.45) is 3.05. The molecule has 3 heterocycles. The van der Waals surface area contributed by atoms with Crippen molar-refractivity contribution in [1.29, 1.82) is 5.26 Å². The molecule has 1 unspecified atom stereocenters. The Balaban J connectivity index is 1.64. The highest BCUT2D eigenvalue weighted by molar-refractivity contribution is 6.00. The third-order valence-electron chi connectivity index (χ3n) is 6.06. The summed E-state index contributed by atoms with van der Waals surface area (Å²) in [5.41, 5.74) is 3.20. The molecule has 1 saturated heterocycles. The van der Waals surface area contributed by atoms with Gasteiger partial charge in [-0.1, -0.05) is 12.1 Å². The van der Waals surface area contributed by atoms with Gasteiger partial charge in [0, 0.05) is 31.5 Å². The number of morpholine rings is 1. The van der Waals surface area contributed by atoms with Gasteiger partial charge in [0.1, 0.15) is 17.1 Å². The van der Waals surface area contributed by atoms with E-state index in [0.29, 0.717) is 44.0 Å². The molecule has 0 amide bonds. The molecule has 2 aliphatic heterocycles. The molecule has 1 aromatic heterocycles. The fourth-order valence-electron chi connectivity index (χ4n) is 4.61. The topological polar surface area (TPSA) is 73.5 Å². The summed E-state index contributed by atoms with van der Waals surface area (Å²) in [4.78, 5) is 11.8. The molecule has 30 heavy (non-hydrogen) atoms. The van der Waals surface area contributed by atoms with E-state index in [1.807, 2.05) is 18.2 Å². The molecule has 1 N–H and O–H groups in total. The van der Waals surface area contributed by atoms with Crippen LogP contribution in [-0.4, -0.2) is 48.6 Å². The lowest BCUT2D eigenvalue weighted by Gasteiger charge is -2.36. The molecule has 0 radical (unpaired) electrons. The number of ether oxygens (including phenoxy) is 1. The van der Waals surface area contributed by atoms with E-state index in [-0.39, 0.29) is 5.82 Å². The van der Waals surface area contributed by atoms with Crippen molar-refractivity contribution in [2.45, 2.75) is 18.4 Å². The summed E-state index contributed by atoms with van der Waals surface area (Å²) in [6.45, 7) is 3.60. The molecule has 2 aromatic rings. The van der Waals surface area contributed by atoms with Crippen molar-refractivity contribution in [3.8, 4) is 6.07 Å². The van der Waals surface area contributed by atoms with Gasteiger partial charge in [-0.05, 0) is 48.2 Å². The summed E-state index contributed by atoms with van der Waals surface area (Å²) in [6, 6.07) is 12.9. The number of nitrogens with zero attached hydrogens (tertiary/aromatic N) is 4. The lowest BCUT2D eigenvalue weighted by Crippen LogP contribution is -2.45. The molecular formula is C23H22FN5O. The number of hydrogen-bond donors (Lipinski definition) is 1. The van der Waals surface area contributed by atoms with Crippen LogP contribution in [0.25, 0.3) is 0 Å². The fourth-order valence-corrected chi connectivity index (χ4v) is 4.61. The van der Waals surface area contributed by atoms with Crippen LogP contribution in [0.5, 0.6) is 0 Å². The number of nitriles is 1. The van der Waals surface area contributed by atoms with Crippen LogP contribution < -0.4 is 5.32 Å². The first-order chi connectivity index (χ1) is 14.7. The van der Waals surface area contributed by atoms with Crippen LogP contribution in [-0.2, 0) is 16.7 Å². The number of benzene rings is 1. The van der Waals surface area contributed by atoms with Crippen molar-refractivity contribution in [2.75, 3.05) is 32.8 Å². The predicted molar refractivity (Wildman–Crippen MR) is 110 cm³/mol. The van der Waals surface area contributed by atoms with E-state index in [0.717, 1.165) is 35.6 Å². The van der Waals surface area contributed by atoms with Gasteiger partial charge in [-0.2, -0.15) is 5.26 Å². The zero-order valence-electron chi connectivity index (χ0n) is 16.6. The Morgan fingerprint density at radius 1 is 1.23 bits per heavy atom. The molecule has 1 aliphatic carbocycles. The van der Waals surface area contributed by atoms with Crippen LogP contribution >= 0.6 is 0 Å². The van der Waals surface area contributed by atoms with Crippen LogP contribution in [0.4, 0.5) is 4.39 Å². The van der Waals surface area contributed by atoms with Crippen molar-refractivity contribution in [2.24, 2.45) is 4.99 Å². The highest BCUT2D eigenvalue weighted by Crippen LogP contribution is 2.48. The lowest BCUT2D eigenvalue weighted by molar-refractivity contribution is 0.0416. The first-order valence-corrected chi connectivity index (χ1v) is 10.2. The number of pyridine rings is 1. The number of amidine groups is 1. The molecule has 7 heteroatoms. The van der Waals surface area contributed by atoms with Crippen molar-refractivity contribution < 1.29 is 9.13 Å². The molecule has 1 atom stereocenters. The highest BCUT2D eigenvalue weighted by Gasteiger charge is 2.46. The summed E-state index contributed by atoms with van der Waals surface area (Å²) in [7, 11) is 0. The normalized spacial score (nSPS) is 23.7. The summed E-state index contributed by atoms with van der Waals surface area (Å²) in [5.74, 6) is 0.389. The predicted octanol–water partition coefficient (Wildman–Crippen LogP) is 2.52. The number of nitrogens with one attached hydrogen (secondary N) is 1. The SMILES string of the molecule is N#CC1=C(CN2CCOCC2)NC(c2ccccn2)=NC12CCc1cc(F)ccc12. The summed E-state index contributed by atoms with van der Waals surface area (Å²) >= 11 is 0. The minimum absolute atomic E-state index is 0.260. The molecule has 152 valence electrons. The number of aryl methyl sites for hydroxylation is 1. The zero-order chi connectivity index (χ0) is 20.6. The Bertz CT molecular complexity index is 1070. The largest absolute Gasteiger partial charge is 0.379 e. The van der Waals surface area contributed by atoms with Gasteiger partial charge in [0.15, 0.2) is 5.84 Å². The number of aromatic nitrogens is 1. The standard InChI is InChI=1S/C23H22FN5O/c24-17-4-5-18-16(13-17)6-7-23(18)19(14-25)21(15-29-9-11-30-12-10-29)27-22(28-23)20-3-1-2-8-26-20/h1-5,8,13H,6-7,9-12,15H2,(H,27,28). The van der Waals surface area contributed by atoms with E-state index in [4.69, 9.17) is 9.73 Å². The van der Waals surface area contributed by atoms with Gasteiger partial charge in [-0.3, -0.25) is 9.88 Å². The fraction of sp³-hybridized carbons (Fsp3) is 0.348. The van der Waals surface area contributed by atoms with Gasteiger partial charge in [0.2, 0.25) is 0 Å². The van der Waals surface area contributed by atoms with Crippen LogP contribution in [0, 0.1) is 17.1 Å². The number of halogens is 1. The second-order valence-electron chi connectivity index (χ2n) is 7.82. The van der Waals surface area contributed by atoms with Crippen LogP contribution in [0.3, 0.4) is 0 Å². The molecule has 3 aliphatic rings. The maximum atomic E-state index is 13.9. The van der Waals surface area contributed by atoms with Crippen LogP contribution in [0.15, 0.2) is 58.9 Å². The molecule has 5 rings (SSSR count). The van der Waals surface area contributed by atoms with Gasteiger partial charge >= 0.3 is 0 Å². The smallest absolute Gasteiger partial charge is 0.152 e.